The molecule has 7 heteroatoms. The monoisotopic (exact) mass is 378 g/mol. The van der Waals surface area contributed by atoms with Crippen LogP contribution in [0.2, 0.25) is 0 Å². The van der Waals surface area contributed by atoms with Crippen LogP contribution in [0, 0.1) is 18.3 Å². The molecule has 1 aromatic heterocycles. The molecule has 6 nitrogen and oxygen atoms in total. The Morgan fingerprint density at radius 1 is 1.11 bits per heavy atom. The molecule has 0 atom stereocenters. The second-order valence-corrected chi connectivity index (χ2v) is 7.16. The standard InChI is InChI=1S/C20H18N4O2S/c1-13-3-2-4-14(9-13)15-5-6-16-17(10-15)27-20(24-16)11-18(25)23-12-19(26)22-8-7-21/h2-6,9-10H,8,11-12H2,1H3,(H,22,26)(H,23,25). The fourth-order valence-corrected chi connectivity index (χ4v) is 3.64. The van der Waals surface area contributed by atoms with Crippen LogP contribution in [0.15, 0.2) is 42.5 Å². The number of benzene rings is 2. The molecular weight excluding hydrogens is 360 g/mol. The van der Waals surface area contributed by atoms with E-state index in [-0.39, 0.29) is 25.4 Å². The first-order valence-electron chi connectivity index (χ1n) is 8.42. The third-order valence-corrected chi connectivity index (χ3v) is 4.92. The van der Waals surface area contributed by atoms with E-state index in [0.29, 0.717) is 5.01 Å². The molecule has 0 unspecified atom stereocenters. The van der Waals surface area contributed by atoms with Crippen molar-refractivity contribution in [2.24, 2.45) is 0 Å². The molecule has 2 amide bonds. The summed E-state index contributed by atoms with van der Waals surface area (Å²) in [5.74, 6) is -0.669. The van der Waals surface area contributed by atoms with E-state index in [4.69, 9.17) is 5.26 Å². The molecule has 3 aromatic rings. The predicted molar refractivity (Wildman–Crippen MR) is 105 cm³/mol. The Bertz CT molecular complexity index is 1040. The van der Waals surface area contributed by atoms with E-state index in [1.807, 2.05) is 24.3 Å². The summed E-state index contributed by atoms with van der Waals surface area (Å²) in [6, 6.07) is 16.2. The number of hydrogen-bond donors (Lipinski definition) is 2. The molecule has 0 spiro atoms. The Hall–Kier alpha value is -3.24. The number of aromatic nitrogens is 1. The molecular formula is C20H18N4O2S. The number of nitrogens with zero attached hydrogens (tertiary/aromatic N) is 2. The summed E-state index contributed by atoms with van der Waals surface area (Å²) >= 11 is 1.47. The number of rotatable bonds is 6. The Balaban J connectivity index is 1.67. The van der Waals surface area contributed by atoms with Crippen LogP contribution in [-0.4, -0.2) is 29.9 Å². The van der Waals surface area contributed by atoms with E-state index in [9.17, 15) is 9.59 Å². The fraction of sp³-hybridized carbons (Fsp3) is 0.200. The number of aryl methyl sites for hydroxylation is 1. The SMILES string of the molecule is Cc1cccc(-c2ccc3nc(CC(=O)NCC(=O)NCC#N)sc3c2)c1. The van der Waals surface area contributed by atoms with E-state index < -0.39 is 5.91 Å². The van der Waals surface area contributed by atoms with Crippen LogP contribution in [0.4, 0.5) is 0 Å². The lowest BCUT2D eigenvalue weighted by Gasteiger charge is -2.03. The van der Waals surface area contributed by atoms with Crippen LogP contribution in [0.5, 0.6) is 0 Å². The lowest BCUT2D eigenvalue weighted by molar-refractivity contribution is -0.125. The average Bonchev–Trinajstić information content (AvgIpc) is 3.06. The minimum Gasteiger partial charge on any atom is -0.347 e. The van der Waals surface area contributed by atoms with Gasteiger partial charge in [0.25, 0.3) is 0 Å². The van der Waals surface area contributed by atoms with Gasteiger partial charge >= 0.3 is 0 Å². The van der Waals surface area contributed by atoms with Gasteiger partial charge in [0.05, 0.1) is 29.3 Å². The van der Waals surface area contributed by atoms with Crippen molar-refractivity contribution in [1.82, 2.24) is 15.6 Å². The lowest BCUT2D eigenvalue weighted by Crippen LogP contribution is -2.37. The summed E-state index contributed by atoms with van der Waals surface area (Å²) in [6.45, 7) is 1.84. The summed E-state index contributed by atoms with van der Waals surface area (Å²) in [7, 11) is 0. The van der Waals surface area contributed by atoms with Crippen molar-refractivity contribution >= 4 is 33.4 Å². The number of amides is 2. The van der Waals surface area contributed by atoms with Crippen LogP contribution in [-0.2, 0) is 16.0 Å². The van der Waals surface area contributed by atoms with Gasteiger partial charge in [-0.15, -0.1) is 11.3 Å². The Morgan fingerprint density at radius 3 is 2.70 bits per heavy atom. The second-order valence-electron chi connectivity index (χ2n) is 6.05. The summed E-state index contributed by atoms with van der Waals surface area (Å²) in [5.41, 5.74) is 4.31. The Morgan fingerprint density at radius 2 is 1.93 bits per heavy atom. The molecule has 3 rings (SSSR count). The van der Waals surface area contributed by atoms with Crippen molar-refractivity contribution in [2.45, 2.75) is 13.3 Å². The zero-order valence-electron chi connectivity index (χ0n) is 14.8. The third-order valence-electron chi connectivity index (χ3n) is 3.91. The molecule has 136 valence electrons. The minimum absolute atomic E-state index is 0.0736. The van der Waals surface area contributed by atoms with Crippen molar-refractivity contribution < 1.29 is 9.59 Å². The van der Waals surface area contributed by atoms with Crippen LogP contribution >= 0.6 is 11.3 Å². The number of carbonyl (C=O) groups excluding carboxylic acids is 2. The molecule has 0 aliphatic carbocycles. The molecule has 0 saturated heterocycles. The first kappa shape index (κ1) is 18.5. The quantitative estimate of drug-likeness (QED) is 0.645. The molecule has 2 N–H and O–H groups in total. The summed E-state index contributed by atoms with van der Waals surface area (Å²) in [5, 5.41) is 14.0. The van der Waals surface area contributed by atoms with E-state index >= 15 is 0 Å². The number of thiazole rings is 1. The summed E-state index contributed by atoms with van der Waals surface area (Å²) in [6.07, 6.45) is 0.116. The van der Waals surface area contributed by atoms with Crippen LogP contribution in [0.1, 0.15) is 10.6 Å². The maximum Gasteiger partial charge on any atom is 0.240 e. The topological polar surface area (TPSA) is 94.9 Å². The molecule has 0 bridgehead atoms. The van der Waals surface area contributed by atoms with Crippen molar-refractivity contribution in [3.05, 3.63) is 53.0 Å². The molecule has 2 aromatic carbocycles. The highest BCUT2D eigenvalue weighted by molar-refractivity contribution is 7.18. The largest absolute Gasteiger partial charge is 0.347 e. The van der Waals surface area contributed by atoms with Crippen molar-refractivity contribution in [2.75, 3.05) is 13.1 Å². The second kappa shape index (κ2) is 8.43. The highest BCUT2D eigenvalue weighted by atomic mass is 32.1. The third kappa shape index (κ3) is 4.90. The highest BCUT2D eigenvalue weighted by Crippen LogP contribution is 2.28. The van der Waals surface area contributed by atoms with Gasteiger partial charge in [-0.3, -0.25) is 9.59 Å². The molecule has 0 radical (unpaired) electrons. The van der Waals surface area contributed by atoms with Gasteiger partial charge in [0.15, 0.2) is 0 Å². The zero-order chi connectivity index (χ0) is 19.2. The summed E-state index contributed by atoms with van der Waals surface area (Å²) < 4.78 is 1.02. The highest BCUT2D eigenvalue weighted by Gasteiger charge is 2.11. The van der Waals surface area contributed by atoms with Crippen molar-refractivity contribution in [3.63, 3.8) is 0 Å². The van der Waals surface area contributed by atoms with Gasteiger partial charge in [-0.2, -0.15) is 5.26 Å². The Kier molecular flexibility index (Phi) is 5.79. The van der Waals surface area contributed by atoms with Gasteiger partial charge in [-0.1, -0.05) is 35.9 Å². The summed E-state index contributed by atoms with van der Waals surface area (Å²) in [4.78, 5) is 27.9. The van der Waals surface area contributed by atoms with Gasteiger partial charge in [0, 0.05) is 0 Å². The maximum atomic E-state index is 12.0. The van der Waals surface area contributed by atoms with Crippen LogP contribution in [0.3, 0.4) is 0 Å². The number of hydrogen-bond acceptors (Lipinski definition) is 5. The molecule has 0 saturated carbocycles. The number of fused-ring (bicyclic) bond motifs is 1. The molecule has 0 aliphatic rings. The normalized spacial score (nSPS) is 10.4. The van der Waals surface area contributed by atoms with Crippen molar-refractivity contribution in [3.8, 4) is 17.2 Å². The number of carbonyl (C=O) groups is 2. The van der Waals surface area contributed by atoms with E-state index in [1.54, 1.807) is 0 Å². The fourth-order valence-electron chi connectivity index (χ4n) is 2.63. The molecule has 0 aliphatic heterocycles. The van der Waals surface area contributed by atoms with Crippen molar-refractivity contribution in [1.29, 1.82) is 5.26 Å². The van der Waals surface area contributed by atoms with E-state index in [0.717, 1.165) is 21.3 Å². The van der Waals surface area contributed by atoms with Gasteiger partial charge in [-0.25, -0.2) is 4.98 Å². The minimum atomic E-state index is -0.392. The predicted octanol–water partition coefficient (Wildman–Crippen LogP) is 2.57. The average molecular weight is 378 g/mol. The van der Waals surface area contributed by atoms with Crippen LogP contribution in [0.25, 0.3) is 21.3 Å². The molecule has 27 heavy (non-hydrogen) atoms. The molecule has 1 heterocycles. The number of nitriles is 1. The van der Waals surface area contributed by atoms with Gasteiger partial charge in [-0.05, 0) is 30.2 Å². The van der Waals surface area contributed by atoms with Crippen LogP contribution < -0.4 is 10.6 Å². The van der Waals surface area contributed by atoms with Gasteiger partial charge in [0.2, 0.25) is 11.8 Å². The van der Waals surface area contributed by atoms with E-state index in [2.05, 4.69) is 46.8 Å². The maximum absolute atomic E-state index is 12.0. The zero-order valence-corrected chi connectivity index (χ0v) is 15.6. The van der Waals surface area contributed by atoms with E-state index in [1.165, 1.54) is 16.9 Å². The van der Waals surface area contributed by atoms with Gasteiger partial charge < -0.3 is 10.6 Å². The Labute approximate surface area is 160 Å². The van der Waals surface area contributed by atoms with Gasteiger partial charge in [0.1, 0.15) is 11.6 Å². The first-order chi connectivity index (χ1) is 13.0. The smallest absolute Gasteiger partial charge is 0.240 e. The number of nitrogens with one attached hydrogen (secondary N) is 2. The lowest BCUT2D eigenvalue weighted by atomic mass is 10.0. The molecule has 0 fully saturated rings. The first-order valence-corrected chi connectivity index (χ1v) is 9.23.